The van der Waals surface area contributed by atoms with Crippen LogP contribution in [-0.2, 0) is 0 Å². The largest absolute Gasteiger partial charge is 0.504 e. The van der Waals surface area contributed by atoms with Gasteiger partial charge in [-0.2, -0.15) is 0 Å². The van der Waals surface area contributed by atoms with Crippen molar-refractivity contribution in [3.8, 4) is 23.0 Å². The SMILES string of the molecule is COc1ccc(Oc2ccccc2)cc1O. The highest BCUT2D eigenvalue weighted by Gasteiger charge is 2.03. The van der Waals surface area contributed by atoms with Crippen LogP contribution in [0.25, 0.3) is 0 Å². The lowest BCUT2D eigenvalue weighted by Crippen LogP contribution is -1.86. The Labute approximate surface area is 93.9 Å². The lowest BCUT2D eigenvalue weighted by molar-refractivity contribution is 0.370. The van der Waals surface area contributed by atoms with Gasteiger partial charge in [-0.05, 0) is 24.3 Å². The molecule has 2 aromatic rings. The Morgan fingerprint density at radius 3 is 2.31 bits per heavy atom. The van der Waals surface area contributed by atoms with E-state index in [1.165, 1.54) is 13.2 Å². The molecule has 0 aliphatic rings. The molecule has 0 atom stereocenters. The third-order valence-electron chi connectivity index (χ3n) is 2.13. The molecular weight excluding hydrogens is 204 g/mol. The zero-order valence-electron chi connectivity index (χ0n) is 8.88. The number of benzene rings is 2. The van der Waals surface area contributed by atoms with Gasteiger partial charge in [-0.15, -0.1) is 0 Å². The number of methoxy groups -OCH3 is 1. The van der Waals surface area contributed by atoms with E-state index >= 15 is 0 Å². The molecule has 0 spiro atoms. The number of phenolic OH excluding ortho intramolecular Hbond substituents is 1. The number of hydrogen-bond donors (Lipinski definition) is 1. The maximum Gasteiger partial charge on any atom is 0.161 e. The van der Waals surface area contributed by atoms with Crippen LogP contribution in [0.5, 0.6) is 23.0 Å². The summed E-state index contributed by atoms with van der Waals surface area (Å²) in [6, 6.07) is 14.3. The maximum absolute atomic E-state index is 9.56. The Balaban J connectivity index is 2.20. The van der Waals surface area contributed by atoms with Crippen LogP contribution in [0.4, 0.5) is 0 Å². The Hall–Kier alpha value is -2.16. The second-order valence-electron chi connectivity index (χ2n) is 3.25. The van der Waals surface area contributed by atoms with Crippen molar-refractivity contribution in [2.24, 2.45) is 0 Å². The molecule has 0 bridgehead atoms. The molecule has 82 valence electrons. The minimum Gasteiger partial charge on any atom is -0.504 e. The molecule has 1 N–H and O–H groups in total. The first kappa shape index (κ1) is 10.4. The van der Waals surface area contributed by atoms with Gasteiger partial charge in [0.2, 0.25) is 0 Å². The quantitative estimate of drug-likeness (QED) is 0.856. The van der Waals surface area contributed by atoms with Gasteiger partial charge in [0, 0.05) is 6.07 Å². The molecular formula is C13H12O3. The standard InChI is InChI=1S/C13H12O3/c1-15-13-8-7-11(9-12(13)14)16-10-5-3-2-4-6-10/h2-9,14H,1H3. The van der Waals surface area contributed by atoms with E-state index in [4.69, 9.17) is 9.47 Å². The number of aromatic hydroxyl groups is 1. The van der Waals surface area contributed by atoms with Gasteiger partial charge in [-0.25, -0.2) is 0 Å². The summed E-state index contributed by atoms with van der Waals surface area (Å²) in [7, 11) is 1.51. The van der Waals surface area contributed by atoms with Gasteiger partial charge < -0.3 is 14.6 Å². The van der Waals surface area contributed by atoms with Crippen LogP contribution in [0.2, 0.25) is 0 Å². The Morgan fingerprint density at radius 1 is 0.938 bits per heavy atom. The Kier molecular flexibility index (Phi) is 2.96. The number of rotatable bonds is 3. The smallest absolute Gasteiger partial charge is 0.161 e. The van der Waals surface area contributed by atoms with Crippen LogP contribution < -0.4 is 9.47 Å². The molecule has 0 fully saturated rings. The predicted molar refractivity (Wildman–Crippen MR) is 61.2 cm³/mol. The molecule has 2 aromatic carbocycles. The van der Waals surface area contributed by atoms with Crippen LogP contribution in [0.3, 0.4) is 0 Å². The normalized spacial score (nSPS) is 9.81. The average molecular weight is 216 g/mol. The van der Waals surface area contributed by atoms with Crippen molar-refractivity contribution in [3.63, 3.8) is 0 Å². The van der Waals surface area contributed by atoms with Gasteiger partial charge in [0.1, 0.15) is 11.5 Å². The zero-order chi connectivity index (χ0) is 11.4. The third-order valence-corrected chi connectivity index (χ3v) is 2.13. The van der Waals surface area contributed by atoms with Crippen molar-refractivity contribution in [1.29, 1.82) is 0 Å². The topological polar surface area (TPSA) is 38.7 Å². The van der Waals surface area contributed by atoms with Crippen molar-refractivity contribution in [2.75, 3.05) is 7.11 Å². The minimum atomic E-state index is 0.0657. The van der Waals surface area contributed by atoms with E-state index < -0.39 is 0 Å². The summed E-state index contributed by atoms with van der Waals surface area (Å²) in [6.07, 6.45) is 0. The molecule has 0 saturated carbocycles. The van der Waals surface area contributed by atoms with Crippen molar-refractivity contribution in [3.05, 3.63) is 48.5 Å². The second kappa shape index (κ2) is 4.57. The van der Waals surface area contributed by atoms with Crippen molar-refractivity contribution in [1.82, 2.24) is 0 Å². The lowest BCUT2D eigenvalue weighted by Gasteiger charge is -2.07. The summed E-state index contributed by atoms with van der Waals surface area (Å²) in [5, 5.41) is 9.56. The fraction of sp³-hybridized carbons (Fsp3) is 0.0769. The van der Waals surface area contributed by atoms with E-state index in [9.17, 15) is 5.11 Å². The summed E-state index contributed by atoms with van der Waals surface area (Å²) >= 11 is 0. The van der Waals surface area contributed by atoms with E-state index in [0.717, 1.165) is 5.75 Å². The van der Waals surface area contributed by atoms with Gasteiger partial charge in [-0.1, -0.05) is 18.2 Å². The maximum atomic E-state index is 9.56. The van der Waals surface area contributed by atoms with E-state index in [0.29, 0.717) is 11.5 Å². The van der Waals surface area contributed by atoms with E-state index in [1.54, 1.807) is 12.1 Å². The Morgan fingerprint density at radius 2 is 1.69 bits per heavy atom. The fourth-order valence-corrected chi connectivity index (χ4v) is 1.36. The fourth-order valence-electron chi connectivity index (χ4n) is 1.36. The lowest BCUT2D eigenvalue weighted by atomic mass is 10.3. The molecule has 3 nitrogen and oxygen atoms in total. The molecule has 0 aliphatic heterocycles. The van der Waals surface area contributed by atoms with Gasteiger partial charge in [0.25, 0.3) is 0 Å². The van der Waals surface area contributed by atoms with Crippen molar-refractivity contribution >= 4 is 0 Å². The molecule has 2 rings (SSSR count). The first-order chi connectivity index (χ1) is 7.79. The predicted octanol–water partition coefficient (Wildman–Crippen LogP) is 3.19. The highest BCUT2D eigenvalue weighted by molar-refractivity contribution is 5.45. The van der Waals surface area contributed by atoms with Crippen LogP contribution in [0, 0.1) is 0 Å². The van der Waals surface area contributed by atoms with Gasteiger partial charge in [0.05, 0.1) is 7.11 Å². The monoisotopic (exact) mass is 216 g/mol. The van der Waals surface area contributed by atoms with E-state index in [1.807, 2.05) is 30.3 Å². The number of ether oxygens (including phenoxy) is 2. The summed E-state index contributed by atoms with van der Waals surface area (Å²) in [6.45, 7) is 0. The number of phenols is 1. The van der Waals surface area contributed by atoms with Crippen molar-refractivity contribution < 1.29 is 14.6 Å². The molecule has 0 aromatic heterocycles. The summed E-state index contributed by atoms with van der Waals surface area (Å²) < 4.78 is 10.5. The highest BCUT2D eigenvalue weighted by Crippen LogP contribution is 2.31. The summed E-state index contributed by atoms with van der Waals surface area (Å²) in [5.41, 5.74) is 0. The molecule has 0 amide bonds. The van der Waals surface area contributed by atoms with Gasteiger partial charge in [0.15, 0.2) is 11.5 Å². The molecule has 0 saturated heterocycles. The molecule has 0 aliphatic carbocycles. The molecule has 0 heterocycles. The molecule has 0 unspecified atom stereocenters. The van der Waals surface area contributed by atoms with Crippen LogP contribution in [-0.4, -0.2) is 12.2 Å². The summed E-state index contributed by atoms with van der Waals surface area (Å²) in [5.74, 6) is 1.80. The Bertz CT molecular complexity index is 466. The highest BCUT2D eigenvalue weighted by atomic mass is 16.5. The second-order valence-corrected chi connectivity index (χ2v) is 3.25. The molecule has 0 radical (unpaired) electrons. The van der Waals surface area contributed by atoms with Crippen LogP contribution >= 0.6 is 0 Å². The number of para-hydroxylation sites is 1. The molecule has 3 heteroatoms. The summed E-state index contributed by atoms with van der Waals surface area (Å²) in [4.78, 5) is 0. The van der Waals surface area contributed by atoms with E-state index in [-0.39, 0.29) is 5.75 Å². The van der Waals surface area contributed by atoms with Crippen LogP contribution in [0.15, 0.2) is 48.5 Å². The average Bonchev–Trinajstić information content (AvgIpc) is 2.31. The first-order valence-corrected chi connectivity index (χ1v) is 4.89. The van der Waals surface area contributed by atoms with Gasteiger partial charge >= 0.3 is 0 Å². The van der Waals surface area contributed by atoms with Crippen molar-refractivity contribution in [2.45, 2.75) is 0 Å². The number of hydrogen-bond acceptors (Lipinski definition) is 3. The zero-order valence-corrected chi connectivity index (χ0v) is 8.88. The third kappa shape index (κ3) is 2.25. The minimum absolute atomic E-state index is 0.0657. The first-order valence-electron chi connectivity index (χ1n) is 4.89. The van der Waals surface area contributed by atoms with Gasteiger partial charge in [-0.3, -0.25) is 0 Å². The van der Waals surface area contributed by atoms with E-state index in [2.05, 4.69) is 0 Å². The van der Waals surface area contributed by atoms with Crippen LogP contribution in [0.1, 0.15) is 0 Å². The molecule has 16 heavy (non-hydrogen) atoms.